The van der Waals surface area contributed by atoms with E-state index in [1.165, 1.54) is 12.1 Å². The number of benzene rings is 7. The van der Waals surface area contributed by atoms with Crippen molar-refractivity contribution in [3.05, 3.63) is 244 Å². The standard InChI is InChI=1S/C37H11Br11Cl4N4.C26H6Cl8N2O4.Zn/c1-6-23(38)15-7-2-11(19(15)27(42)34(6)49)54-8-4-13(21-16(8)24(39)31(46)36(51)29(21)44)56-10-5-14(22-18(10)26(41)33(48)37(52)30(22)45)55-9-3-12(53-7)20-17(9)25(40)32(47)35(50)28(20)43;27-14-10-11(15(28)19(32)18(14)31)24(38)9(23(10)37)7-5-4-6-2-1-3-8(22(6)35-7)36-25(39)12-13(26(36)40)17(30)21(34)20(33)16(12)29;/h2-5,7-10H,1H3;1-5,9H;/q-4;;. The first-order chi connectivity index (χ1) is 45.3. The molecule has 3 heterocycles. The molecule has 7 aliphatic rings. The van der Waals surface area contributed by atoms with Gasteiger partial charge in [0.25, 0.3) is 11.8 Å². The number of ketones is 2. The van der Waals surface area contributed by atoms with E-state index in [9.17, 15) is 19.2 Å². The van der Waals surface area contributed by atoms with Crippen LogP contribution >= 0.6 is 314 Å². The van der Waals surface area contributed by atoms with Gasteiger partial charge in [0.1, 0.15) is 5.92 Å². The number of para-hydroxylation sites is 1. The molecule has 0 N–H and O–H groups in total. The normalized spacial score (nSPS) is 18.4. The third-order valence-electron chi connectivity index (χ3n) is 16.7. The largest absolute Gasteiger partial charge is 0.331 e. The number of aliphatic imine (C=N–C) groups is 4. The zero-order valence-electron chi connectivity index (χ0n) is 46.8. The molecule has 0 saturated heterocycles. The Morgan fingerprint density at radius 1 is 0.361 bits per heavy atom. The van der Waals surface area contributed by atoms with Crippen LogP contribution in [0, 0.1) is 32.6 Å². The quantitative estimate of drug-likeness (QED) is 0.0424. The van der Waals surface area contributed by atoms with Gasteiger partial charge in [-0.2, -0.15) is 25.7 Å². The number of fused-ring (bicyclic) bond motifs is 23. The molecule has 0 saturated carbocycles. The second-order valence-electron chi connectivity index (χ2n) is 21.7. The van der Waals surface area contributed by atoms with Crippen LogP contribution in [0.1, 0.15) is 127 Å². The molecule has 97 heavy (non-hydrogen) atoms. The van der Waals surface area contributed by atoms with E-state index in [1.54, 1.807) is 18.2 Å². The Kier molecular flexibility index (Phi) is 21.7. The van der Waals surface area contributed by atoms with Crippen LogP contribution in [0.2, 0.25) is 60.3 Å². The van der Waals surface area contributed by atoms with Crippen LogP contribution in [0.3, 0.4) is 0 Å². The Morgan fingerprint density at radius 3 is 1.03 bits per heavy atom. The summed E-state index contributed by atoms with van der Waals surface area (Å²) in [5, 5.41) is 1.04. The van der Waals surface area contributed by atoms with Gasteiger partial charge in [0.15, 0.2) is 11.6 Å². The first-order valence-corrected chi connectivity index (χ1v) is 40.1. The Hall–Kier alpha value is -0.0266. The summed E-state index contributed by atoms with van der Waals surface area (Å²) in [5.41, 5.74) is 10.0. The number of Topliss-reactive ketones (excluding diaryl/α,β-unsaturated/α-hetero) is 2. The van der Waals surface area contributed by atoms with Gasteiger partial charge in [-0.15, -0.1) is 22.3 Å². The first-order valence-electron chi connectivity index (χ1n) is 26.9. The van der Waals surface area contributed by atoms with Gasteiger partial charge < -0.3 is 20.0 Å². The number of nitrogens with zero attached hydrogens (tertiary/aromatic N) is 6. The maximum absolute atomic E-state index is 13.5. The van der Waals surface area contributed by atoms with Crippen LogP contribution < -0.4 is 4.90 Å². The summed E-state index contributed by atoms with van der Waals surface area (Å²) in [4.78, 5) is 81.1. The van der Waals surface area contributed by atoms with Gasteiger partial charge in [0.2, 0.25) is 0 Å². The second-order valence-corrected chi connectivity index (χ2v) is 35.0. The summed E-state index contributed by atoms with van der Waals surface area (Å²) in [5.74, 6) is -4.42. The minimum Gasteiger partial charge on any atom is -0.331 e. The van der Waals surface area contributed by atoms with Crippen LogP contribution in [0.4, 0.5) is 5.69 Å². The molecule has 0 radical (unpaired) electrons. The van der Waals surface area contributed by atoms with Crippen molar-refractivity contribution in [3.63, 3.8) is 0 Å². The van der Waals surface area contributed by atoms with E-state index in [0.717, 1.165) is 77.3 Å². The van der Waals surface area contributed by atoms with E-state index in [1.807, 2.05) is 6.92 Å². The van der Waals surface area contributed by atoms with Gasteiger partial charge in [-0.05, 0) is 90.3 Å². The van der Waals surface area contributed by atoms with Gasteiger partial charge in [-0.25, -0.2) is 9.88 Å². The molecular weight excluding hydrogens is 2270 g/mol. The van der Waals surface area contributed by atoms with Crippen LogP contribution in [-0.2, 0) is 19.5 Å². The molecule has 15 rings (SSSR count). The van der Waals surface area contributed by atoms with Gasteiger partial charge in [-0.3, -0.25) is 19.2 Å². The van der Waals surface area contributed by atoms with Crippen molar-refractivity contribution < 1.29 is 38.7 Å². The number of aromatic nitrogens is 1. The average molecular weight is 2290 g/mol. The third kappa shape index (κ3) is 11.5. The molecule has 0 fully saturated rings. The number of hydrogen-bond donors (Lipinski definition) is 0. The molecule has 7 aromatic carbocycles. The molecule has 490 valence electrons. The molecule has 34 heteroatoms. The number of anilines is 1. The van der Waals surface area contributed by atoms with E-state index < -0.39 is 53.5 Å². The molecule has 8 bridgehead atoms. The number of pyridine rings is 1. The number of amides is 2. The van der Waals surface area contributed by atoms with Gasteiger partial charge in [0, 0.05) is 85.4 Å². The molecule has 0 spiro atoms. The van der Waals surface area contributed by atoms with E-state index in [0.29, 0.717) is 75.2 Å². The number of carbonyl (C=O) groups is 4. The van der Waals surface area contributed by atoms with Crippen molar-refractivity contribution in [1.82, 2.24) is 4.98 Å². The summed E-state index contributed by atoms with van der Waals surface area (Å²) >= 11 is 119. The molecule has 4 unspecified atom stereocenters. The Balaban J connectivity index is 0.000000183. The predicted octanol–water partition coefficient (Wildman–Crippen LogP) is 27.7. The molecular formula is C63H17Br11Cl12N6O4Zn-4. The first kappa shape index (κ1) is 75.2. The summed E-state index contributed by atoms with van der Waals surface area (Å²) in [6.45, 7) is 1.98. The van der Waals surface area contributed by atoms with Gasteiger partial charge in [0.05, 0.1) is 94.4 Å². The van der Waals surface area contributed by atoms with Crippen LogP contribution in [0.5, 0.6) is 0 Å². The number of hydrogen-bond acceptors (Lipinski definition) is 9. The topological polar surface area (TPSA) is 134 Å². The third-order valence-corrected chi connectivity index (χ3v) is 34.2. The molecule has 4 atom stereocenters. The van der Waals surface area contributed by atoms with Crippen molar-refractivity contribution in [2.75, 3.05) is 4.90 Å². The molecule has 8 aromatic rings. The van der Waals surface area contributed by atoms with E-state index in [4.69, 9.17) is 159 Å². The van der Waals surface area contributed by atoms with E-state index in [-0.39, 0.29) is 98.8 Å². The van der Waals surface area contributed by atoms with Gasteiger partial charge >= 0.3 is 0 Å². The van der Waals surface area contributed by atoms with Crippen LogP contribution in [-0.4, -0.2) is 51.2 Å². The summed E-state index contributed by atoms with van der Waals surface area (Å²) in [7, 11) is 0. The van der Waals surface area contributed by atoms with E-state index >= 15 is 0 Å². The molecule has 5 aliphatic carbocycles. The summed E-state index contributed by atoms with van der Waals surface area (Å²) < 4.78 is 8.04. The fraction of sp³-hybridized carbons (Fsp3) is 0.0952. The zero-order valence-corrected chi connectivity index (χ0v) is 76.3. The van der Waals surface area contributed by atoms with Crippen LogP contribution in [0.25, 0.3) is 10.9 Å². The summed E-state index contributed by atoms with van der Waals surface area (Å²) in [6.07, 6.45) is 8.25. The Labute approximate surface area is 715 Å². The number of carbonyl (C=O) groups excluding carboxylic acids is 4. The summed E-state index contributed by atoms with van der Waals surface area (Å²) in [6, 6.07) is 5.84. The fourth-order valence-corrected chi connectivity index (χ4v) is 22.8. The molecule has 2 aliphatic heterocycles. The van der Waals surface area contributed by atoms with E-state index in [2.05, 4.69) is 206 Å². The second kappa shape index (κ2) is 28.0. The minimum atomic E-state index is -1.43. The van der Waals surface area contributed by atoms with Crippen molar-refractivity contribution >= 4 is 377 Å². The fourth-order valence-electron chi connectivity index (χ4n) is 12.4. The van der Waals surface area contributed by atoms with Gasteiger partial charge in [-0.1, -0.05) is 330 Å². The number of rotatable bonds is 2. The van der Waals surface area contributed by atoms with Crippen molar-refractivity contribution in [1.29, 1.82) is 0 Å². The average Bonchev–Trinajstić information content (AvgIpc) is 1.59. The Bertz CT molecular complexity index is 4850. The smallest absolute Gasteiger partial charge is 0.267 e. The molecule has 10 nitrogen and oxygen atoms in total. The SMILES string of the molecule is Cc1c(Cl)c(Br)c2c(c1Br)C1[CH-]C2=NC2[CH-]C(=NC3[CH-]C(=NC4[CH-]C(=N1)c1c(Br)c(Cl)c(Br)c(Br)c14)c1c(Br)c(Cl)c(Br)c(Br)c13)c1c(Br)c(Cl)c(Br)c(Br)c12.O=C1c2c(Cl)c(Cl)c(Cl)c(Cl)c2C(=O)C1c1ccc2cccc(N3C(=O)c4c(Cl)c(Cl)c(Cl)c(Cl)c4C3=O)c2n1.[Zn]. The maximum Gasteiger partial charge on any atom is 0.267 e. The van der Waals surface area contributed by atoms with Crippen molar-refractivity contribution in [2.45, 2.75) is 37.0 Å². The molecule has 2 amide bonds. The zero-order chi connectivity index (χ0) is 69.1. The van der Waals surface area contributed by atoms with Crippen molar-refractivity contribution in [3.8, 4) is 0 Å². The number of halogens is 23. The molecule has 1 aromatic heterocycles. The maximum atomic E-state index is 13.5. The van der Waals surface area contributed by atoms with Crippen LogP contribution in [0.15, 0.2) is 99.5 Å². The predicted molar refractivity (Wildman–Crippen MR) is 427 cm³/mol. The minimum absolute atomic E-state index is 0. The monoisotopic (exact) mass is 2270 g/mol. The Morgan fingerprint density at radius 2 is 0.680 bits per heavy atom. The number of imide groups is 1. The van der Waals surface area contributed by atoms with Crippen molar-refractivity contribution in [2.24, 2.45) is 20.0 Å².